The fraction of sp³-hybridized carbons (Fsp3) is 0.250. The number of rotatable bonds is 2. The standard InChI is InChI=1S/C24H21N5O/c1-14-6-9-18(12-15(14)2)23-27-24-26-19-4-3-5-20(30)21(19)22(29(24)28-23)17-10-7-16(13-25)8-11-17/h6-12,22H,3-5H2,1-2H3,(H,26,27,28). The second-order valence-electron chi connectivity index (χ2n) is 7.93. The highest BCUT2D eigenvalue weighted by Gasteiger charge is 2.36. The van der Waals surface area contributed by atoms with Gasteiger partial charge in [0.2, 0.25) is 5.95 Å². The van der Waals surface area contributed by atoms with Crippen LogP contribution < -0.4 is 5.32 Å². The van der Waals surface area contributed by atoms with E-state index in [-0.39, 0.29) is 11.8 Å². The minimum Gasteiger partial charge on any atom is -0.328 e. The van der Waals surface area contributed by atoms with Gasteiger partial charge in [-0.1, -0.05) is 24.3 Å². The Balaban J connectivity index is 1.66. The zero-order valence-electron chi connectivity index (χ0n) is 16.9. The Labute approximate surface area is 174 Å². The van der Waals surface area contributed by atoms with Crippen molar-refractivity contribution in [2.24, 2.45) is 0 Å². The van der Waals surface area contributed by atoms with E-state index in [1.807, 2.05) is 22.9 Å². The number of benzene rings is 2. The van der Waals surface area contributed by atoms with Crippen molar-refractivity contribution in [1.29, 1.82) is 5.26 Å². The Hall–Kier alpha value is -3.72. The molecular weight excluding hydrogens is 374 g/mol. The average Bonchev–Trinajstić information content (AvgIpc) is 3.18. The molecule has 2 aliphatic rings. The van der Waals surface area contributed by atoms with Crippen molar-refractivity contribution >= 4 is 11.7 Å². The van der Waals surface area contributed by atoms with Crippen molar-refractivity contribution in [3.05, 3.63) is 76.0 Å². The topological polar surface area (TPSA) is 83.6 Å². The number of nitrogens with one attached hydrogen (secondary N) is 1. The first-order valence-corrected chi connectivity index (χ1v) is 10.1. The summed E-state index contributed by atoms with van der Waals surface area (Å²) in [6, 6.07) is 15.4. The van der Waals surface area contributed by atoms with Crippen LogP contribution >= 0.6 is 0 Å². The van der Waals surface area contributed by atoms with Gasteiger partial charge in [0.25, 0.3) is 0 Å². The van der Waals surface area contributed by atoms with Gasteiger partial charge in [-0.2, -0.15) is 10.2 Å². The molecule has 0 amide bonds. The molecule has 6 nitrogen and oxygen atoms in total. The van der Waals surface area contributed by atoms with Gasteiger partial charge in [0.1, 0.15) is 6.04 Å². The summed E-state index contributed by atoms with van der Waals surface area (Å²) in [5.74, 6) is 1.42. The molecule has 0 spiro atoms. The van der Waals surface area contributed by atoms with Crippen LogP contribution in [0, 0.1) is 25.2 Å². The molecule has 1 aromatic heterocycles. The first-order chi connectivity index (χ1) is 14.5. The SMILES string of the molecule is Cc1ccc(-c2nc3n(n2)C(c2ccc(C#N)cc2)C2=C(CCCC2=O)N3)cc1C. The van der Waals surface area contributed by atoms with Gasteiger partial charge in [0.05, 0.1) is 11.6 Å². The van der Waals surface area contributed by atoms with Gasteiger partial charge in [-0.25, -0.2) is 4.68 Å². The molecule has 1 aliphatic heterocycles. The minimum absolute atomic E-state index is 0.145. The van der Waals surface area contributed by atoms with E-state index in [4.69, 9.17) is 15.3 Å². The molecule has 5 rings (SSSR count). The molecule has 0 saturated carbocycles. The summed E-state index contributed by atoms with van der Waals surface area (Å²) < 4.78 is 1.81. The monoisotopic (exact) mass is 395 g/mol. The van der Waals surface area contributed by atoms with E-state index < -0.39 is 0 Å². The van der Waals surface area contributed by atoms with E-state index in [0.717, 1.165) is 35.2 Å². The lowest BCUT2D eigenvalue weighted by Crippen LogP contribution is -2.31. The number of hydrogen-bond donors (Lipinski definition) is 1. The number of anilines is 1. The number of ketones is 1. The molecule has 0 bridgehead atoms. The normalized spacial score (nSPS) is 17.8. The number of nitrogens with zero attached hydrogens (tertiary/aromatic N) is 4. The minimum atomic E-state index is -0.343. The molecule has 0 radical (unpaired) electrons. The van der Waals surface area contributed by atoms with Crippen molar-refractivity contribution in [3.63, 3.8) is 0 Å². The highest BCUT2D eigenvalue weighted by Crippen LogP contribution is 2.40. The number of carbonyl (C=O) groups is 1. The maximum absolute atomic E-state index is 12.9. The van der Waals surface area contributed by atoms with Crippen LogP contribution in [-0.2, 0) is 4.79 Å². The average molecular weight is 395 g/mol. The Morgan fingerprint density at radius 2 is 1.90 bits per heavy atom. The third-order valence-electron chi connectivity index (χ3n) is 5.99. The van der Waals surface area contributed by atoms with Gasteiger partial charge in [0.15, 0.2) is 11.6 Å². The van der Waals surface area contributed by atoms with Crippen LogP contribution in [0.5, 0.6) is 0 Å². The summed E-state index contributed by atoms with van der Waals surface area (Å²) in [5, 5.41) is 17.3. The van der Waals surface area contributed by atoms with Crippen LogP contribution in [0.4, 0.5) is 5.95 Å². The van der Waals surface area contributed by atoms with E-state index in [0.29, 0.717) is 23.8 Å². The summed E-state index contributed by atoms with van der Waals surface area (Å²) in [6.07, 6.45) is 2.20. The van der Waals surface area contributed by atoms with E-state index in [2.05, 4.69) is 37.4 Å². The number of hydrogen-bond acceptors (Lipinski definition) is 5. The first kappa shape index (κ1) is 18.3. The number of allylic oxidation sites excluding steroid dienone is 2. The predicted octanol–water partition coefficient (Wildman–Crippen LogP) is 4.46. The van der Waals surface area contributed by atoms with Gasteiger partial charge in [0, 0.05) is 23.3 Å². The summed E-state index contributed by atoms with van der Waals surface area (Å²) >= 11 is 0. The van der Waals surface area contributed by atoms with Crippen LogP contribution in [0.1, 0.15) is 47.6 Å². The molecule has 1 atom stereocenters. The van der Waals surface area contributed by atoms with Gasteiger partial charge < -0.3 is 5.32 Å². The lowest BCUT2D eigenvalue weighted by atomic mass is 9.85. The van der Waals surface area contributed by atoms with Crippen LogP contribution in [-0.4, -0.2) is 20.5 Å². The fourth-order valence-electron chi connectivity index (χ4n) is 4.21. The Morgan fingerprint density at radius 1 is 1.10 bits per heavy atom. The third-order valence-corrected chi connectivity index (χ3v) is 5.99. The molecule has 2 heterocycles. The Kier molecular flexibility index (Phi) is 4.25. The summed E-state index contributed by atoms with van der Waals surface area (Å²) in [6.45, 7) is 4.16. The fourth-order valence-corrected chi connectivity index (χ4v) is 4.21. The molecule has 2 aromatic carbocycles. The maximum atomic E-state index is 12.9. The Bertz CT molecular complexity index is 1240. The summed E-state index contributed by atoms with van der Waals surface area (Å²) in [4.78, 5) is 17.7. The van der Waals surface area contributed by atoms with Gasteiger partial charge in [-0.3, -0.25) is 4.79 Å². The van der Waals surface area contributed by atoms with Crippen LogP contribution in [0.3, 0.4) is 0 Å². The lowest BCUT2D eigenvalue weighted by Gasteiger charge is -2.32. The van der Waals surface area contributed by atoms with Crippen molar-refractivity contribution < 1.29 is 4.79 Å². The number of nitriles is 1. The molecule has 1 aliphatic carbocycles. The maximum Gasteiger partial charge on any atom is 0.226 e. The van der Waals surface area contributed by atoms with Crippen molar-refractivity contribution in [3.8, 4) is 17.5 Å². The molecule has 30 heavy (non-hydrogen) atoms. The van der Waals surface area contributed by atoms with Gasteiger partial charge in [-0.15, -0.1) is 5.10 Å². The Morgan fingerprint density at radius 3 is 2.63 bits per heavy atom. The summed E-state index contributed by atoms with van der Waals surface area (Å²) in [7, 11) is 0. The molecular formula is C24H21N5O. The smallest absolute Gasteiger partial charge is 0.226 e. The highest BCUT2D eigenvalue weighted by molar-refractivity contribution is 5.99. The highest BCUT2D eigenvalue weighted by atomic mass is 16.1. The van der Waals surface area contributed by atoms with E-state index in [1.165, 1.54) is 11.1 Å². The zero-order valence-corrected chi connectivity index (χ0v) is 16.9. The number of fused-ring (bicyclic) bond motifs is 1. The van der Waals surface area contributed by atoms with Crippen molar-refractivity contribution in [2.45, 2.75) is 39.2 Å². The second-order valence-corrected chi connectivity index (χ2v) is 7.93. The number of Topliss-reactive ketones (excluding diaryl/α,β-unsaturated/α-hetero) is 1. The quantitative estimate of drug-likeness (QED) is 0.693. The van der Waals surface area contributed by atoms with Crippen LogP contribution in [0.25, 0.3) is 11.4 Å². The van der Waals surface area contributed by atoms with E-state index in [1.54, 1.807) is 12.1 Å². The molecule has 1 N–H and O–H groups in total. The van der Waals surface area contributed by atoms with E-state index in [9.17, 15) is 4.79 Å². The number of aromatic nitrogens is 3. The first-order valence-electron chi connectivity index (χ1n) is 10.1. The molecule has 6 heteroatoms. The van der Waals surface area contributed by atoms with Crippen molar-refractivity contribution in [1.82, 2.24) is 14.8 Å². The molecule has 0 saturated heterocycles. The molecule has 148 valence electrons. The lowest BCUT2D eigenvalue weighted by molar-refractivity contribution is -0.116. The molecule has 1 unspecified atom stereocenters. The van der Waals surface area contributed by atoms with Gasteiger partial charge >= 0.3 is 0 Å². The van der Waals surface area contributed by atoms with E-state index >= 15 is 0 Å². The van der Waals surface area contributed by atoms with Gasteiger partial charge in [-0.05, 0) is 61.6 Å². The second kappa shape index (κ2) is 6.96. The third kappa shape index (κ3) is 2.91. The molecule has 0 fully saturated rings. The largest absolute Gasteiger partial charge is 0.328 e. The summed E-state index contributed by atoms with van der Waals surface area (Å²) in [5.41, 5.74) is 6.57. The van der Waals surface area contributed by atoms with Crippen LogP contribution in [0.15, 0.2) is 53.7 Å². The zero-order chi connectivity index (χ0) is 20.8. The number of aryl methyl sites for hydroxylation is 2. The number of carbonyl (C=O) groups excluding carboxylic acids is 1. The van der Waals surface area contributed by atoms with Crippen LogP contribution in [0.2, 0.25) is 0 Å². The molecule has 3 aromatic rings. The predicted molar refractivity (Wildman–Crippen MR) is 114 cm³/mol. The van der Waals surface area contributed by atoms with Crippen molar-refractivity contribution in [2.75, 3.05) is 5.32 Å².